The van der Waals surface area contributed by atoms with E-state index in [-0.39, 0.29) is 12.5 Å². The largest absolute Gasteiger partial charge is 0.433 e. The highest BCUT2D eigenvalue weighted by molar-refractivity contribution is 5.19. The SMILES string of the molecule is CC(C)N(CCC(O)c1ccc(C(F)(F)F)nc1)Cc1ccc(F)c(F)c1. The van der Waals surface area contributed by atoms with Crippen molar-refractivity contribution >= 4 is 0 Å². The molecule has 148 valence electrons. The summed E-state index contributed by atoms with van der Waals surface area (Å²) >= 11 is 0. The average Bonchev–Trinajstić information content (AvgIpc) is 2.60. The molecule has 0 aliphatic rings. The van der Waals surface area contributed by atoms with Gasteiger partial charge in [-0.1, -0.05) is 12.1 Å². The number of aliphatic hydroxyl groups excluding tert-OH is 1. The van der Waals surface area contributed by atoms with Gasteiger partial charge in [-0.2, -0.15) is 13.2 Å². The van der Waals surface area contributed by atoms with Crippen LogP contribution >= 0.6 is 0 Å². The number of aromatic nitrogens is 1. The van der Waals surface area contributed by atoms with Gasteiger partial charge >= 0.3 is 6.18 Å². The van der Waals surface area contributed by atoms with Crippen LogP contribution in [-0.2, 0) is 12.7 Å². The van der Waals surface area contributed by atoms with Crippen molar-refractivity contribution in [2.24, 2.45) is 0 Å². The summed E-state index contributed by atoms with van der Waals surface area (Å²) in [6.07, 6.45) is -4.23. The molecule has 0 spiro atoms. The van der Waals surface area contributed by atoms with E-state index in [0.717, 1.165) is 24.4 Å². The van der Waals surface area contributed by atoms with Gasteiger partial charge in [-0.25, -0.2) is 8.78 Å². The van der Waals surface area contributed by atoms with Crippen LogP contribution in [-0.4, -0.2) is 27.6 Å². The summed E-state index contributed by atoms with van der Waals surface area (Å²) < 4.78 is 64.0. The summed E-state index contributed by atoms with van der Waals surface area (Å²) in [5, 5.41) is 10.2. The van der Waals surface area contributed by atoms with E-state index in [1.807, 2.05) is 18.7 Å². The number of pyridine rings is 1. The van der Waals surface area contributed by atoms with Gasteiger partial charge in [0, 0.05) is 25.3 Å². The predicted molar refractivity (Wildman–Crippen MR) is 90.7 cm³/mol. The Bertz CT molecular complexity index is 747. The summed E-state index contributed by atoms with van der Waals surface area (Å²) in [5.41, 5.74) is -0.131. The quantitative estimate of drug-likeness (QED) is 0.698. The van der Waals surface area contributed by atoms with E-state index >= 15 is 0 Å². The maximum absolute atomic E-state index is 13.4. The molecular weight excluding hydrogens is 367 g/mol. The lowest BCUT2D eigenvalue weighted by molar-refractivity contribution is -0.141. The fourth-order valence-corrected chi connectivity index (χ4v) is 2.62. The molecule has 0 aliphatic heterocycles. The van der Waals surface area contributed by atoms with Gasteiger partial charge in [-0.3, -0.25) is 9.88 Å². The normalized spacial score (nSPS) is 13.4. The molecule has 3 nitrogen and oxygen atoms in total. The van der Waals surface area contributed by atoms with Crippen molar-refractivity contribution in [3.05, 3.63) is 65.0 Å². The molecule has 2 rings (SSSR count). The molecule has 8 heteroatoms. The van der Waals surface area contributed by atoms with E-state index < -0.39 is 29.6 Å². The Hall–Kier alpha value is -2.06. The standard InChI is InChI=1S/C19H21F5N2O/c1-12(2)26(11-13-3-5-15(20)16(21)9-13)8-7-17(27)14-4-6-18(25-10-14)19(22,23)24/h3-6,9-10,12,17,27H,7-8,11H2,1-2H3. The van der Waals surface area contributed by atoms with Gasteiger partial charge in [-0.05, 0) is 49.6 Å². The molecule has 0 bridgehead atoms. The molecule has 0 saturated heterocycles. The highest BCUT2D eigenvalue weighted by Crippen LogP contribution is 2.28. The first-order chi connectivity index (χ1) is 12.6. The fourth-order valence-electron chi connectivity index (χ4n) is 2.62. The van der Waals surface area contributed by atoms with Crippen LogP contribution < -0.4 is 0 Å². The van der Waals surface area contributed by atoms with Gasteiger partial charge in [0.2, 0.25) is 0 Å². The molecule has 27 heavy (non-hydrogen) atoms. The van der Waals surface area contributed by atoms with Crippen molar-refractivity contribution < 1.29 is 27.1 Å². The smallest absolute Gasteiger partial charge is 0.388 e. The van der Waals surface area contributed by atoms with Crippen molar-refractivity contribution in [2.75, 3.05) is 6.54 Å². The summed E-state index contributed by atoms with van der Waals surface area (Å²) in [5.74, 6) is -1.84. The zero-order chi connectivity index (χ0) is 20.2. The Balaban J connectivity index is 1.99. The van der Waals surface area contributed by atoms with E-state index in [1.165, 1.54) is 12.1 Å². The minimum atomic E-state index is -4.53. The van der Waals surface area contributed by atoms with E-state index in [4.69, 9.17) is 0 Å². The predicted octanol–water partition coefficient (Wildman–Crippen LogP) is 4.71. The Kier molecular flexibility index (Phi) is 6.89. The van der Waals surface area contributed by atoms with Gasteiger partial charge in [0.1, 0.15) is 5.69 Å². The summed E-state index contributed by atoms with van der Waals surface area (Å²) in [7, 11) is 0. The van der Waals surface area contributed by atoms with Crippen LogP contribution in [0.5, 0.6) is 0 Å². The van der Waals surface area contributed by atoms with Crippen LogP contribution in [0.15, 0.2) is 36.5 Å². The molecule has 1 atom stereocenters. The molecule has 0 amide bonds. The highest BCUT2D eigenvalue weighted by Gasteiger charge is 2.32. The number of aliphatic hydroxyl groups is 1. The Morgan fingerprint density at radius 3 is 2.30 bits per heavy atom. The third-order valence-electron chi connectivity index (χ3n) is 4.25. The van der Waals surface area contributed by atoms with Crippen molar-refractivity contribution in [3.63, 3.8) is 0 Å². The van der Waals surface area contributed by atoms with Crippen LogP contribution in [0.25, 0.3) is 0 Å². The molecule has 1 heterocycles. The Morgan fingerprint density at radius 2 is 1.78 bits per heavy atom. The third kappa shape index (κ3) is 5.97. The summed E-state index contributed by atoms with van der Waals surface area (Å²) in [6, 6.07) is 5.78. The molecule has 1 unspecified atom stereocenters. The first-order valence-corrected chi connectivity index (χ1v) is 8.47. The number of alkyl halides is 3. The molecule has 1 N–H and O–H groups in total. The first-order valence-electron chi connectivity index (χ1n) is 8.47. The molecule has 2 aromatic rings. The van der Waals surface area contributed by atoms with E-state index in [0.29, 0.717) is 24.2 Å². The lowest BCUT2D eigenvalue weighted by Crippen LogP contribution is -2.32. The van der Waals surface area contributed by atoms with Crippen molar-refractivity contribution in [1.82, 2.24) is 9.88 Å². The van der Waals surface area contributed by atoms with Crippen LogP contribution in [0.4, 0.5) is 22.0 Å². The zero-order valence-corrected chi connectivity index (χ0v) is 15.0. The zero-order valence-electron chi connectivity index (χ0n) is 15.0. The lowest BCUT2D eigenvalue weighted by atomic mass is 10.1. The second kappa shape index (κ2) is 8.75. The second-order valence-electron chi connectivity index (χ2n) is 6.59. The average molecular weight is 388 g/mol. The molecule has 0 aliphatic carbocycles. The van der Waals surface area contributed by atoms with Crippen molar-refractivity contribution in [1.29, 1.82) is 0 Å². The van der Waals surface area contributed by atoms with Crippen molar-refractivity contribution in [2.45, 2.75) is 45.1 Å². The number of rotatable bonds is 7. The number of nitrogens with zero attached hydrogens (tertiary/aromatic N) is 2. The van der Waals surface area contributed by atoms with Crippen LogP contribution in [0, 0.1) is 11.6 Å². The molecule has 0 saturated carbocycles. The summed E-state index contributed by atoms with van der Waals surface area (Å²) in [6.45, 7) is 4.61. The van der Waals surface area contributed by atoms with Gasteiger partial charge in [0.15, 0.2) is 11.6 Å². The third-order valence-corrected chi connectivity index (χ3v) is 4.25. The maximum Gasteiger partial charge on any atom is 0.433 e. The molecule has 0 fully saturated rings. The maximum atomic E-state index is 13.4. The first kappa shape index (κ1) is 21.2. The molecular formula is C19H21F5N2O. The van der Waals surface area contributed by atoms with Crippen LogP contribution in [0.1, 0.15) is 43.2 Å². The highest BCUT2D eigenvalue weighted by atomic mass is 19.4. The van der Waals surface area contributed by atoms with Gasteiger partial charge < -0.3 is 5.11 Å². The van der Waals surface area contributed by atoms with E-state index in [9.17, 15) is 27.1 Å². The summed E-state index contributed by atoms with van der Waals surface area (Å²) in [4.78, 5) is 5.29. The monoisotopic (exact) mass is 388 g/mol. The van der Waals surface area contributed by atoms with Crippen LogP contribution in [0.2, 0.25) is 0 Å². The minimum absolute atomic E-state index is 0.0658. The number of hydrogen-bond donors (Lipinski definition) is 1. The van der Waals surface area contributed by atoms with Crippen molar-refractivity contribution in [3.8, 4) is 0 Å². The van der Waals surface area contributed by atoms with E-state index in [2.05, 4.69) is 4.98 Å². The van der Waals surface area contributed by atoms with Gasteiger partial charge in [-0.15, -0.1) is 0 Å². The Morgan fingerprint density at radius 1 is 1.07 bits per heavy atom. The number of hydrogen-bond acceptors (Lipinski definition) is 3. The van der Waals surface area contributed by atoms with Crippen LogP contribution in [0.3, 0.4) is 0 Å². The number of benzene rings is 1. The molecule has 1 aromatic heterocycles. The lowest BCUT2D eigenvalue weighted by Gasteiger charge is -2.27. The van der Waals surface area contributed by atoms with Gasteiger partial charge in [0.05, 0.1) is 6.10 Å². The molecule has 0 radical (unpaired) electrons. The Labute approximate surface area is 154 Å². The minimum Gasteiger partial charge on any atom is -0.388 e. The fraction of sp³-hybridized carbons (Fsp3) is 0.421. The van der Waals surface area contributed by atoms with Gasteiger partial charge in [0.25, 0.3) is 0 Å². The molecule has 1 aromatic carbocycles. The topological polar surface area (TPSA) is 36.4 Å². The van der Waals surface area contributed by atoms with E-state index in [1.54, 1.807) is 0 Å². The second-order valence-corrected chi connectivity index (χ2v) is 6.59. The number of halogens is 5.